The standard InChI is InChI=1S/C21H28ClF3N4O/c22-19-5-4-17(14-18(19)21(23,24)25)28-8-6-26(7-9-28)15-20(30)29-12-10-27(11-13-29)16-2-1-3-16/h4-5,14,16H,1-3,6-13,15H2. The Morgan fingerprint density at radius 3 is 2.23 bits per heavy atom. The maximum Gasteiger partial charge on any atom is 0.417 e. The van der Waals surface area contributed by atoms with Gasteiger partial charge in [-0.3, -0.25) is 14.6 Å². The summed E-state index contributed by atoms with van der Waals surface area (Å²) < 4.78 is 39.3. The molecule has 2 saturated heterocycles. The second kappa shape index (κ2) is 8.93. The number of amides is 1. The Kier molecular flexibility index (Phi) is 6.46. The first kappa shape index (κ1) is 21.7. The fraction of sp³-hybridized carbons (Fsp3) is 0.667. The van der Waals surface area contributed by atoms with Crippen molar-refractivity contribution in [3.05, 3.63) is 28.8 Å². The van der Waals surface area contributed by atoms with Crippen molar-refractivity contribution in [2.45, 2.75) is 31.5 Å². The van der Waals surface area contributed by atoms with Gasteiger partial charge in [0.1, 0.15) is 0 Å². The van der Waals surface area contributed by atoms with Gasteiger partial charge in [0.15, 0.2) is 0 Å². The topological polar surface area (TPSA) is 30.0 Å². The van der Waals surface area contributed by atoms with Gasteiger partial charge in [-0.15, -0.1) is 0 Å². The minimum absolute atomic E-state index is 0.155. The Morgan fingerprint density at radius 1 is 1.00 bits per heavy atom. The van der Waals surface area contributed by atoms with E-state index in [1.165, 1.54) is 25.3 Å². The van der Waals surface area contributed by atoms with Gasteiger partial charge < -0.3 is 9.80 Å². The van der Waals surface area contributed by atoms with Gasteiger partial charge in [0.05, 0.1) is 17.1 Å². The van der Waals surface area contributed by atoms with Crippen molar-refractivity contribution in [1.29, 1.82) is 0 Å². The van der Waals surface area contributed by atoms with Crippen LogP contribution in [0, 0.1) is 0 Å². The van der Waals surface area contributed by atoms with Crippen LogP contribution in [-0.4, -0.2) is 85.6 Å². The minimum Gasteiger partial charge on any atom is -0.369 e. The summed E-state index contributed by atoms with van der Waals surface area (Å²) >= 11 is 5.72. The summed E-state index contributed by atoms with van der Waals surface area (Å²) in [6.07, 6.45) is -0.570. The molecular formula is C21H28ClF3N4O. The number of piperazine rings is 2. The predicted octanol–water partition coefficient (Wildman–Crippen LogP) is 3.18. The molecule has 1 aliphatic carbocycles. The molecular weight excluding hydrogens is 417 g/mol. The number of hydrogen-bond acceptors (Lipinski definition) is 4. The Bertz CT molecular complexity index is 755. The van der Waals surface area contributed by atoms with E-state index in [4.69, 9.17) is 11.6 Å². The number of nitrogens with zero attached hydrogens (tertiary/aromatic N) is 4. The van der Waals surface area contributed by atoms with E-state index in [9.17, 15) is 18.0 Å². The van der Waals surface area contributed by atoms with Crippen LogP contribution >= 0.6 is 11.6 Å². The molecule has 2 heterocycles. The van der Waals surface area contributed by atoms with Crippen LogP contribution in [-0.2, 0) is 11.0 Å². The molecule has 0 radical (unpaired) electrons. The van der Waals surface area contributed by atoms with Crippen molar-refractivity contribution >= 4 is 23.2 Å². The van der Waals surface area contributed by atoms with Crippen molar-refractivity contribution in [2.75, 3.05) is 63.8 Å². The summed E-state index contributed by atoms with van der Waals surface area (Å²) in [4.78, 5) is 21.2. The molecule has 30 heavy (non-hydrogen) atoms. The van der Waals surface area contributed by atoms with E-state index in [1.807, 2.05) is 9.80 Å². The SMILES string of the molecule is O=C(CN1CCN(c2ccc(Cl)c(C(F)(F)F)c2)CC1)N1CCN(C2CCC2)CC1. The first-order chi connectivity index (χ1) is 14.3. The van der Waals surface area contributed by atoms with Gasteiger partial charge in [-0.25, -0.2) is 0 Å². The Labute approximate surface area is 180 Å². The third-order valence-electron chi connectivity index (χ3n) is 6.61. The molecule has 1 aromatic rings. The number of halogens is 4. The van der Waals surface area contributed by atoms with Gasteiger partial charge in [0.2, 0.25) is 5.91 Å². The second-order valence-electron chi connectivity index (χ2n) is 8.43. The highest BCUT2D eigenvalue weighted by molar-refractivity contribution is 6.31. The maximum absolute atomic E-state index is 13.1. The van der Waals surface area contributed by atoms with Crippen LogP contribution < -0.4 is 4.90 Å². The molecule has 1 amide bonds. The van der Waals surface area contributed by atoms with E-state index in [-0.39, 0.29) is 10.9 Å². The lowest BCUT2D eigenvalue weighted by Gasteiger charge is -2.43. The third kappa shape index (κ3) is 4.86. The second-order valence-corrected chi connectivity index (χ2v) is 8.83. The Hall–Kier alpha value is -1.51. The van der Waals surface area contributed by atoms with Gasteiger partial charge in [0, 0.05) is 64.1 Å². The molecule has 166 valence electrons. The van der Waals surface area contributed by atoms with Crippen LogP contribution in [0.4, 0.5) is 18.9 Å². The summed E-state index contributed by atoms with van der Waals surface area (Å²) in [7, 11) is 0. The molecule has 5 nitrogen and oxygen atoms in total. The molecule has 0 bridgehead atoms. The lowest BCUT2D eigenvalue weighted by molar-refractivity contribution is -0.137. The molecule has 2 aliphatic heterocycles. The quantitative estimate of drug-likeness (QED) is 0.713. The Balaban J connectivity index is 1.25. The highest BCUT2D eigenvalue weighted by Gasteiger charge is 2.34. The van der Waals surface area contributed by atoms with Crippen LogP contribution in [0.3, 0.4) is 0 Å². The van der Waals surface area contributed by atoms with Crippen LogP contribution in [0.2, 0.25) is 5.02 Å². The molecule has 0 aromatic heterocycles. The van der Waals surface area contributed by atoms with Crippen molar-refractivity contribution in [3.8, 4) is 0 Å². The molecule has 3 fully saturated rings. The molecule has 4 rings (SSSR count). The van der Waals surface area contributed by atoms with Crippen LogP contribution in [0.25, 0.3) is 0 Å². The molecule has 0 unspecified atom stereocenters. The summed E-state index contributed by atoms with van der Waals surface area (Å²) in [6.45, 7) is 6.36. The average Bonchev–Trinajstić information content (AvgIpc) is 2.67. The number of alkyl halides is 3. The highest BCUT2D eigenvalue weighted by Crippen LogP contribution is 2.37. The zero-order valence-electron chi connectivity index (χ0n) is 17.0. The predicted molar refractivity (Wildman–Crippen MR) is 111 cm³/mol. The van der Waals surface area contributed by atoms with Crippen LogP contribution in [0.1, 0.15) is 24.8 Å². The molecule has 0 atom stereocenters. The smallest absolute Gasteiger partial charge is 0.369 e. The molecule has 9 heteroatoms. The Morgan fingerprint density at radius 2 is 1.67 bits per heavy atom. The monoisotopic (exact) mass is 444 g/mol. The van der Waals surface area contributed by atoms with E-state index in [1.54, 1.807) is 6.07 Å². The van der Waals surface area contributed by atoms with E-state index in [0.29, 0.717) is 38.4 Å². The molecule has 0 N–H and O–H groups in total. The van der Waals surface area contributed by atoms with Gasteiger partial charge in [-0.05, 0) is 31.0 Å². The summed E-state index contributed by atoms with van der Waals surface area (Å²) in [5.74, 6) is 0.155. The lowest BCUT2D eigenvalue weighted by atomic mass is 9.91. The number of hydrogen-bond donors (Lipinski definition) is 0. The largest absolute Gasteiger partial charge is 0.417 e. The summed E-state index contributed by atoms with van der Waals surface area (Å²) in [5.41, 5.74) is -0.287. The zero-order valence-corrected chi connectivity index (χ0v) is 17.8. The van der Waals surface area contributed by atoms with Crippen molar-refractivity contribution in [3.63, 3.8) is 0 Å². The van der Waals surface area contributed by atoms with Crippen LogP contribution in [0.5, 0.6) is 0 Å². The van der Waals surface area contributed by atoms with E-state index in [2.05, 4.69) is 9.80 Å². The fourth-order valence-corrected chi connectivity index (χ4v) is 4.70. The number of benzene rings is 1. The zero-order chi connectivity index (χ0) is 21.3. The van der Waals surface area contributed by atoms with Gasteiger partial charge in [-0.1, -0.05) is 18.0 Å². The number of carbonyl (C=O) groups excluding carboxylic acids is 1. The van der Waals surface area contributed by atoms with Crippen molar-refractivity contribution < 1.29 is 18.0 Å². The van der Waals surface area contributed by atoms with E-state index < -0.39 is 11.7 Å². The first-order valence-corrected chi connectivity index (χ1v) is 11.0. The van der Waals surface area contributed by atoms with Gasteiger partial charge >= 0.3 is 6.18 Å². The van der Waals surface area contributed by atoms with Gasteiger partial charge in [0.25, 0.3) is 0 Å². The summed E-state index contributed by atoms with van der Waals surface area (Å²) in [5, 5.41) is -0.284. The molecule has 3 aliphatic rings. The number of anilines is 1. The summed E-state index contributed by atoms with van der Waals surface area (Å²) in [6, 6.07) is 4.77. The fourth-order valence-electron chi connectivity index (χ4n) is 4.47. The van der Waals surface area contributed by atoms with Crippen molar-refractivity contribution in [2.24, 2.45) is 0 Å². The maximum atomic E-state index is 13.1. The van der Waals surface area contributed by atoms with Crippen LogP contribution in [0.15, 0.2) is 18.2 Å². The molecule has 0 spiro atoms. The highest BCUT2D eigenvalue weighted by atomic mass is 35.5. The lowest BCUT2D eigenvalue weighted by Crippen LogP contribution is -2.56. The number of carbonyl (C=O) groups is 1. The minimum atomic E-state index is -4.47. The van der Waals surface area contributed by atoms with Crippen molar-refractivity contribution in [1.82, 2.24) is 14.7 Å². The first-order valence-electron chi connectivity index (χ1n) is 10.7. The third-order valence-corrected chi connectivity index (χ3v) is 6.94. The van der Waals surface area contributed by atoms with Gasteiger partial charge in [-0.2, -0.15) is 13.2 Å². The molecule has 1 aromatic carbocycles. The number of rotatable bonds is 4. The van der Waals surface area contributed by atoms with E-state index >= 15 is 0 Å². The normalized spacial score (nSPS) is 22.3. The molecule has 1 saturated carbocycles. The van der Waals surface area contributed by atoms with E-state index in [0.717, 1.165) is 38.3 Å². The average molecular weight is 445 g/mol.